The van der Waals surface area contributed by atoms with Gasteiger partial charge in [0.15, 0.2) is 0 Å². The smallest absolute Gasteiger partial charge is 0.251 e. The van der Waals surface area contributed by atoms with E-state index in [-0.39, 0.29) is 19.9 Å². The summed E-state index contributed by atoms with van der Waals surface area (Å²) in [7, 11) is 0. The summed E-state index contributed by atoms with van der Waals surface area (Å²) in [6, 6.07) is 15.7. The zero-order valence-corrected chi connectivity index (χ0v) is 15.3. The monoisotopic (exact) mass is 362 g/mol. The lowest BCUT2D eigenvalue weighted by Gasteiger charge is -2.05. The fourth-order valence-electron chi connectivity index (χ4n) is 2.04. The molecule has 4 nitrogen and oxygen atoms in total. The minimum Gasteiger partial charge on any atom is -0.395 e. The van der Waals surface area contributed by atoms with Gasteiger partial charge in [0.05, 0.1) is 6.61 Å². The summed E-state index contributed by atoms with van der Waals surface area (Å²) in [5.74, 6) is 0.453. The molecule has 25 heavy (non-hydrogen) atoms. The second kappa shape index (κ2) is 12.5. The molecule has 0 aliphatic heterocycles. The number of aliphatic hydroxyl groups excluding tert-OH is 1. The molecule has 1 amide bonds. The fourth-order valence-corrected chi connectivity index (χ4v) is 2.40. The maximum Gasteiger partial charge on any atom is 0.251 e. The first-order valence-corrected chi connectivity index (χ1v) is 8.79. The van der Waals surface area contributed by atoms with Crippen molar-refractivity contribution in [3.8, 4) is 0 Å². The van der Waals surface area contributed by atoms with Crippen LogP contribution < -0.4 is 10.5 Å². The number of nitrogens with two attached hydrogens (primary N) is 1. The van der Waals surface area contributed by atoms with Crippen LogP contribution in [-0.4, -0.2) is 24.2 Å². The van der Waals surface area contributed by atoms with E-state index < -0.39 is 0 Å². The summed E-state index contributed by atoms with van der Waals surface area (Å²) in [5, 5.41) is 16.6. The molecule has 0 bridgehead atoms. The van der Waals surface area contributed by atoms with E-state index in [9.17, 15) is 4.79 Å². The molecule has 0 aliphatic rings. The normalized spacial score (nSPS) is 9.68. The van der Waals surface area contributed by atoms with Crippen LogP contribution in [0.1, 0.15) is 48.7 Å². The van der Waals surface area contributed by atoms with Gasteiger partial charge in [-0.2, -0.15) is 0 Å². The number of amides is 1. The fraction of sp³-hybridized carbons (Fsp3) is 0.350. The van der Waals surface area contributed by atoms with Crippen molar-refractivity contribution in [3.63, 3.8) is 0 Å². The van der Waals surface area contributed by atoms with Gasteiger partial charge in [-0.05, 0) is 54.1 Å². The largest absolute Gasteiger partial charge is 0.395 e. The van der Waals surface area contributed by atoms with E-state index in [0.29, 0.717) is 18.0 Å². The highest BCUT2D eigenvalue weighted by atomic mass is 32.2. The lowest BCUT2D eigenvalue weighted by atomic mass is 10.0. The van der Waals surface area contributed by atoms with Gasteiger partial charge in [0.25, 0.3) is 5.91 Å². The molecule has 5 heteroatoms. The van der Waals surface area contributed by atoms with E-state index in [4.69, 9.17) is 10.2 Å². The van der Waals surface area contributed by atoms with Crippen molar-refractivity contribution in [2.45, 2.75) is 39.0 Å². The number of hydrogen-bond acceptors (Lipinski definition) is 4. The molecule has 0 spiro atoms. The summed E-state index contributed by atoms with van der Waals surface area (Å²) < 4.78 is 0. The zero-order chi connectivity index (χ0) is 17.9. The molecular weight excluding hydrogens is 332 g/mol. The van der Waals surface area contributed by atoms with E-state index in [1.165, 1.54) is 17.5 Å². The van der Waals surface area contributed by atoms with Crippen molar-refractivity contribution in [3.05, 3.63) is 65.2 Å². The highest BCUT2D eigenvalue weighted by Crippen LogP contribution is 2.19. The quantitative estimate of drug-likeness (QED) is 0.699. The Morgan fingerprint density at radius 1 is 1.20 bits per heavy atom. The van der Waals surface area contributed by atoms with Crippen molar-refractivity contribution >= 4 is 17.9 Å². The van der Waals surface area contributed by atoms with E-state index >= 15 is 0 Å². The van der Waals surface area contributed by atoms with E-state index in [1.807, 2.05) is 37.3 Å². The molecule has 0 radical (unpaired) electrons. The Labute approximate surface area is 156 Å². The predicted molar refractivity (Wildman–Crippen MR) is 108 cm³/mol. The van der Waals surface area contributed by atoms with Gasteiger partial charge in [0, 0.05) is 17.0 Å². The third-order valence-corrected chi connectivity index (χ3v) is 3.97. The third kappa shape index (κ3) is 8.20. The third-order valence-electron chi connectivity index (χ3n) is 3.45. The summed E-state index contributed by atoms with van der Waals surface area (Å²) >= 11 is 1.30. The molecule has 0 unspecified atom stereocenters. The Kier molecular flexibility index (Phi) is 11.6. The SMILES string of the molecule is C.CC(C)c1cccc(SN)c1.Cc1ccccc1C(=O)NCCO. The van der Waals surface area contributed by atoms with Crippen molar-refractivity contribution in [1.29, 1.82) is 0 Å². The maximum atomic E-state index is 11.4. The molecule has 0 fully saturated rings. The van der Waals surface area contributed by atoms with Crippen LogP contribution in [0.3, 0.4) is 0 Å². The van der Waals surface area contributed by atoms with Crippen LogP contribution in [0.4, 0.5) is 0 Å². The number of nitrogens with one attached hydrogen (secondary N) is 1. The van der Waals surface area contributed by atoms with Gasteiger partial charge < -0.3 is 10.4 Å². The molecular formula is C20H30N2O2S. The number of aliphatic hydroxyl groups is 1. The molecule has 138 valence electrons. The van der Waals surface area contributed by atoms with E-state index in [2.05, 4.69) is 31.3 Å². The van der Waals surface area contributed by atoms with Gasteiger partial charge in [0.2, 0.25) is 0 Å². The first kappa shape index (κ1) is 23.2. The minimum absolute atomic E-state index is 0. The number of benzene rings is 2. The van der Waals surface area contributed by atoms with E-state index in [0.717, 1.165) is 10.5 Å². The molecule has 0 saturated heterocycles. The number of carbonyl (C=O) groups excluding carboxylic acids is 1. The summed E-state index contributed by atoms with van der Waals surface area (Å²) in [6.07, 6.45) is 0. The number of carbonyl (C=O) groups is 1. The average molecular weight is 363 g/mol. The van der Waals surface area contributed by atoms with Crippen molar-refractivity contribution < 1.29 is 9.90 Å². The highest BCUT2D eigenvalue weighted by Gasteiger charge is 2.05. The maximum absolute atomic E-state index is 11.4. The molecule has 0 saturated carbocycles. The molecule has 2 aromatic carbocycles. The van der Waals surface area contributed by atoms with Gasteiger partial charge in [-0.25, -0.2) is 0 Å². The Balaban J connectivity index is 0.000000449. The summed E-state index contributed by atoms with van der Waals surface area (Å²) in [5.41, 5.74) is 2.95. The lowest BCUT2D eigenvalue weighted by molar-refractivity contribution is 0.0944. The molecule has 0 atom stereocenters. The summed E-state index contributed by atoms with van der Waals surface area (Å²) in [6.45, 7) is 6.51. The second-order valence-electron chi connectivity index (χ2n) is 5.64. The van der Waals surface area contributed by atoms with Crippen LogP contribution in [0.15, 0.2) is 53.4 Å². The van der Waals surface area contributed by atoms with Gasteiger partial charge >= 0.3 is 0 Å². The minimum atomic E-state index is -0.132. The van der Waals surface area contributed by atoms with Gasteiger partial charge in [-0.1, -0.05) is 51.6 Å². The van der Waals surface area contributed by atoms with Crippen LogP contribution in [0.5, 0.6) is 0 Å². The number of aryl methyl sites for hydroxylation is 1. The van der Waals surface area contributed by atoms with E-state index in [1.54, 1.807) is 6.07 Å². The molecule has 0 aromatic heterocycles. The predicted octanol–water partition coefficient (Wildman–Crippen LogP) is 4.13. The zero-order valence-electron chi connectivity index (χ0n) is 14.5. The number of hydrogen-bond donors (Lipinski definition) is 3. The molecule has 2 aromatic rings. The highest BCUT2D eigenvalue weighted by molar-refractivity contribution is 7.97. The molecule has 4 N–H and O–H groups in total. The average Bonchev–Trinajstić information content (AvgIpc) is 2.60. The van der Waals surface area contributed by atoms with Crippen molar-refractivity contribution in [2.75, 3.05) is 13.2 Å². The Hall–Kier alpha value is -1.82. The van der Waals surface area contributed by atoms with Crippen LogP contribution in [0.2, 0.25) is 0 Å². The topological polar surface area (TPSA) is 75.4 Å². The van der Waals surface area contributed by atoms with Crippen molar-refractivity contribution in [1.82, 2.24) is 5.32 Å². The van der Waals surface area contributed by atoms with Crippen LogP contribution in [0.25, 0.3) is 0 Å². The Morgan fingerprint density at radius 2 is 1.88 bits per heavy atom. The van der Waals surface area contributed by atoms with Crippen molar-refractivity contribution in [2.24, 2.45) is 5.14 Å². The Bertz CT molecular complexity index is 645. The molecule has 0 aliphatic carbocycles. The summed E-state index contributed by atoms with van der Waals surface area (Å²) in [4.78, 5) is 12.5. The lowest BCUT2D eigenvalue weighted by Crippen LogP contribution is -2.26. The van der Waals surface area contributed by atoms with Crippen LogP contribution in [0, 0.1) is 6.92 Å². The van der Waals surface area contributed by atoms with Gasteiger partial charge in [0.1, 0.15) is 0 Å². The molecule has 2 rings (SSSR count). The first-order chi connectivity index (χ1) is 11.5. The standard InChI is InChI=1S/C10H13NO2.C9H13NS.CH4/c1-8-4-2-3-5-9(8)10(13)11-6-7-12;1-7(2)8-4-3-5-9(6-8)11-10;/h2-5,12H,6-7H2,1H3,(H,11,13);3-7H,10H2,1-2H3;1H4. The molecule has 0 heterocycles. The second-order valence-corrected chi connectivity index (χ2v) is 6.35. The van der Waals surface area contributed by atoms with Crippen LogP contribution in [-0.2, 0) is 0 Å². The Morgan fingerprint density at radius 3 is 2.44 bits per heavy atom. The van der Waals surface area contributed by atoms with Gasteiger partial charge in [-0.3, -0.25) is 9.93 Å². The first-order valence-electron chi connectivity index (χ1n) is 7.91. The number of rotatable bonds is 5. The van der Waals surface area contributed by atoms with Gasteiger partial charge in [-0.15, -0.1) is 0 Å². The van der Waals surface area contributed by atoms with Crippen LogP contribution >= 0.6 is 11.9 Å².